The van der Waals surface area contributed by atoms with E-state index in [1.165, 1.54) is 6.20 Å². The van der Waals surface area contributed by atoms with Gasteiger partial charge in [-0.3, -0.25) is 9.89 Å². The average Bonchev–Trinajstić information content (AvgIpc) is 2.73. The molecule has 1 aromatic heterocycles. The van der Waals surface area contributed by atoms with Gasteiger partial charge in [0.05, 0.1) is 18.0 Å². The van der Waals surface area contributed by atoms with Crippen LogP contribution in [0.3, 0.4) is 0 Å². The van der Waals surface area contributed by atoms with Gasteiger partial charge in [-0.25, -0.2) is 0 Å². The van der Waals surface area contributed by atoms with Crippen LogP contribution in [0.15, 0.2) is 6.20 Å². The largest absolute Gasteiger partial charge is 0.396 e. The normalized spacial score (nSPS) is 21.5. The van der Waals surface area contributed by atoms with Gasteiger partial charge in [0, 0.05) is 13.1 Å². The van der Waals surface area contributed by atoms with Crippen LogP contribution in [-0.4, -0.2) is 45.3 Å². The Morgan fingerprint density at radius 2 is 2.57 bits per heavy atom. The standard InChI is InChI=1S/C8H12N4O2/c9-6-3-10-11-7(6)8(14)12-2-1-5(13)4-12/h3,5,13H,1-2,4,9H2,(H,10,11)/t5-/m1/s1. The van der Waals surface area contributed by atoms with E-state index in [2.05, 4.69) is 10.2 Å². The number of carbonyl (C=O) groups excluding carboxylic acids is 1. The number of nitrogen functional groups attached to an aromatic ring is 1. The monoisotopic (exact) mass is 196 g/mol. The van der Waals surface area contributed by atoms with Gasteiger partial charge in [0.1, 0.15) is 5.69 Å². The van der Waals surface area contributed by atoms with Crippen molar-refractivity contribution in [2.45, 2.75) is 12.5 Å². The summed E-state index contributed by atoms with van der Waals surface area (Å²) in [7, 11) is 0. The number of carbonyl (C=O) groups is 1. The Morgan fingerprint density at radius 1 is 1.79 bits per heavy atom. The first-order chi connectivity index (χ1) is 6.68. The number of anilines is 1. The molecule has 14 heavy (non-hydrogen) atoms. The van der Waals surface area contributed by atoms with Gasteiger partial charge < -0.3 is 15.7 Å². The van der Waals surface area contributed by atoms with Crippen LogP contribution in [0.4, 0.5) is 5.69 Å². The molecule has 0 saturated carbocycles. The Morgan fingerprint density at radius 3 is 3.07 bits per heavy atom. The van der Waals surface area contributed by atoms with Crippen LogP contribution in [0.1, 0.15) is 16.9 Å². The van der Waals surface area contributed by atoms with E-state index in [9.17, 15) is 9.90 Å². The highest BCUT2D eigenvalue weighted by atomic mass is 16.3. The molecule has 76 valence electrons. The number of likely N-dealkylation sites (tertiary alicyclic amines) is 1. The first-order valence-corrected chi connectivity index (χ1v) is 4.44. The number of nitrogens with zero attached hydrogens (tertiary/aromatic N) is 2. The zero-order valence-electron chi connectivity index (χ0n) is 7.60. The molecule has 0 spiro atoms. The van der Waals surface area contributed by atoms with Crippen molar-refractivity contribution in [2.75, 3.05) is 18.8 Å². The van der Waals surface area contributed by atoms with Gasteiger partial charge in [0.2, 0.25) is 0 Å². The first-order valence-electron chi connectivity index (χ1n) is 4.44. The summed E-state index contributed by atoms with van der Waals surface area (Å²) in [5.74, 6) is -0.198. The zero-order valence-corrected chi connectivity index (χ0v) is 7.60. The fraction of sp³-hybridized carbons (Fsp3) is 0.500. The smallest absolute Gasteiger partial charge is 0.274 e. The molecule has 1 aliphatic heterocycles. The summed E-state index contributed by atoms with van der Waals surface area (Å²) >= 11 is 0. The number of H-pyrrole nitrogens is 1. The summed E-state index contributed by atoms with van der Waals surface area (Å²) in [4.78, 5) is 13.3. The minimum absolute atomic E-state index is 0.198. The van der Waals surface area contributed by atoms with E-state index in [1.807, 2.05) is 0 Å². The number of nitrogens with two attached hydrogens (primary N) is 1. The molecule has 0 radical (unpaired) electrons. The predicted octanol–water partition coefficient (Wildman–Crippen LogP) is -0.801. The number of hydrogen-bond acceptors (Lipinski definition) is 4. The SMILES string of the molecule is Nc1cn[nH]c1C(=O)N1CC[C@@H](O)C1. The summed E-state index contributed by atoms with van der Waals surface area (Å²) in [6.45, 7) is 0.940. The lowest BCUT2D eigenvalue weighted by molar-refractivity contribution is 0.0760. The molecule has 1 amide bonds. The van der Waals surface area contributed by atoms with Gasteiger partial charge >= 0.3 is 0 Å². The summed E-state index contributed by atoms with van der Waals surface area (Å²) in [5.41, 5.74) is 6.19. The molecule has 1 aromatic rings. The molecule has 4 N–H and O–H groups in total. The molecule has 0 aromatic carbocycles. The van der Waals surface area contributed by atoms with Crippen LogP contribution in [0, 0.1) is 0 Å². The number of nitrogens with one attached hydrogen (secondary N) is 1. The maximum absolute atomic E-state index is 11.7. The summed E-state index contributed by atoms with van der Waals surface area (Å²) in [6, 6.07) is 0. The van der Waals surface area contributed by atoms with Crippen LogP contribution >= 0.6 is 0 Å². The summed E-state index contributed by atoms with van der Waals surface area (Å²) in [5, 5.41) is 15.5. The van der Waals surface area contributed by atoms with Crippen LogP contribution in [0.2, 0.25) is 0 Å². The van der Waals surface area contributed by atoms with Crippen molar-refractivity contribution in [3.05, 3.63) is 11.9 Å². The second kappa shape index (κ2) is 3.30. The Labute approximate surface area is 80.7 Å². The van der Waals surface area contributed by atoms with Crippen molar-refractivity contribution >= 4 is 11.6 Å². The van der Waals surface area contributed by atoms with Gasteiger partial charge in [0.15, 0.2) is 0 Å². The molecule has 1 atom stereocenters. The number of hydrogen-bond donors (Lipinski definition) is 3. The van der Waals surface area contributed by atoms with Gasteiger partial charge in [-0.15, -0.1) is 0 Å². The second-order valence-electron chi connectivity index (χ2n) is 3.39. The molecule has 1 aliphatic rings. The highest BCUT2D eigenvalue weighted by Crippen LogP contribution is 2.15. The fourth-order valence-corrected chi connectivity index (χ4v) is 1.55. The quantitative estimate of drug-likeness (QED) is 0.548. The predicted molar refractivity (Wildman–Crippen MR) is 49.5 cm³/mol. The number of amides is 1. The maximum Gasteiger partial charge on any atom is 0.274 e. The number of rotatable bonds is 1. The Balaban J connectivity index is 2.13. The average molecular weight is 196 g/mol. The third kappa shape index (κ3) is 1.44. The summed E-state index contributed by atoms with van der Waals surface area (Å²) in [6.07, 6.45) is 1.61. The molecule has 0 aliphatic carbocycles. The number of aromatic nitrogens is 2. The van der Waals surface area contributed by atoms with E-state index in [0.717, 1.165) is 0 Å². The Bertz CT molecular complexity index is 349. The molecular weight excluding hydrogens is 184 g/mol. The third-order valence-electron chi connectivity index (χ3n) is 2.33. The third-order valence-corrected chi connectivity index (χ3v) is 2.33. The molecule has 6 nitrogen and oxygen atoms in total. The van der Waals surface area contributed by atoms with Crippen molar-refractivity contribution in [3.8, 4) is 0 Å². The topological polar surface area (TPSA) is 95.2 Å². The minimum Gasteiger partial charge on any atom is -0.396 e. The van der Waals surface area contributed by atoms with Crippen LogP contribution in [-0.2, 0) is 0 Å². The van der Waals surface area contributed by atoms with Crippen LogP contribution < -0.4 is 5.73 Å². The number of β-amino-alcohol motifs (C(OH)–C–C–N with tert-alkyl or cyclic N) is 1. The Hall–Kier alpha value is -1.56. The number of aliphatic hydroxyl groups excluding tert-OH is 1. The van der Waals surface area contributed by atoms with Gasteiger partial charge in [-0.2, -0.15) is 5.10 Å². The van der Waals surface area contributed by atoms with E-state index in [-0.39, 0.29) is 5.91 Å². The lowest BCUT2D eigenvalue weighted by Gasteiger charge is -2.14. The van der Waals surface area contributed by atoms with E-state index in [4.69, 9.17) is 5.73 Å². The van der Waals surface area contributed by atoms with Gasteiger partial charge in [0.25, 0.3) is 5.91 Å². The molecule has 1 saturated heterocycles. The molecule has 0 bridgehead atoms. The first kappa shape index (κ1) is 9.01. The minimum atomic E-state index is -0.414. The lowest BCUT2D eigenvalue weighted by atomic mass is 10.3. The number of aliphatic hydroxyl groups is 1. The molecule has 0 unspecified atom stereocenters. The lowest BCUT2D eigenvalue weighted by Crippen LogP contribution is -2.30. The van der Waals surface area contributed by atoms with Gasteiger partial charge in [-0.05, 0) is 6.42 Å². The van der Waals surface area contributed by atoms with Crippen LogP contribution in [0.25, 0.3) is 0 Å². The van der Waals surface area contributed by atoms with E-state index >= 15 is 0 Å². The van der Waals surface area contributed by atoms with E-state index < -0.39 is 6.10 Å². The van der Waals surface area contributed by atoms with Crippen molar-refractivity contribution < 1.29 is 9.90 Å². The fourth-order valence-electron chi connectivity index (χ4n) is 1.55. The van der Waals surface area contributed by atoms with Crippen LogP contribution in [0.5, 0.6) is 0 Å². The van der Waals surface area contributed by atoms with E-state index in [0.29, 0.717) is 30.9 Å². The van der Waals surface area contributed by atoms with E-state index in [1.54, 1.807) is 4.90 Å². The molecule has 2 rings (SSSR count). The molecule has 6 heteroatoms. The highest BCUT2D eigenvalue weighted by Gasteiger charge is 2.27. The molecular formula is C8H12N4O2. The highest BCUT2D eigenvalue weighted by molar-refractivity contribution is 5.97. The molecule has 2 heterocycles. The second-order valence-corrected chi connectivity index (χ2v) is 3.39. The van der Waals surface area contributed by atoms with Crippen molar-refractivity contribution in [1.82, 2.24) is 15.1 Å². The van der Waals surface area contributed by atoms with Crippen molar-refractivity contribution in [1.29, 1.82) is 0 Å². The van der Waals surface area contributed by atoms with Crippen molar-refractivity contribution in [3.63, 3.8) is 0 Å². The molecule has 1 fully saturated rings. The van der Waals surface area contributed by atoms with Crippen molar-refractivity contribution in [2.24, 2.45) is 0 Å². The Kier molecular flexibility index (Phi) is 2.12. The van der Waals surface area contributed by atoms with Gasteiger partial charge in [-0.1, -0.05) is 0 Å². The maximum atomic E-state index is 11.7. The number of aromatic amines is 1. The zero-order chi connectivity index (χ0) is 10.1. The summed E-state index contributed by atoms with van der Waals surface area (Å²) < 4.78 is 0.